The van der Waals surface area contributed by atoms with Crippen LogP contribution in [0.15, 0.2) is 37.5 Å². The van der Waals surface area contributed by atoms with E-state index < -0.39 is 16.9 Å². The van der Waals surface area contributed by atoms with E-state index >= 15 is 0 Å². The standard InChI is InChI=1S/C12H12N2O4/c1-2-3-4-5-7-6-8(15)18-11-9(7)10(16)13-12(17)14-11/h2,6H,1,3-5H2,(H2,13,14,16,17). The van der Waals surface area contributed by atoms with Crippen molar-refractivity contribution in [3.63, 3.8) is 0 Å². The van der Waals surface area contributed by atoms with Gasteiger partial charge in [-0.2, -0.15) is 0 Å². The maximum Gasteiger partial charge on any atom is 0.337 e. The minimum atomic E-state index is -0.695. The fraction of sp³-hybridized carbons (Fsp3) is 0.250. The zero-order chi connectivity index (χ0) is 13.1. The smallest absolute Gasteiger partial charge is 0.337 e. The first-order valence-corrected chi connectivity index (χ1v) is 5.52. The Bertz CT molecular complexity index is 746. The molecule has 2 N–H and O–H groups in total. The second-order valence-electron chi connectivity index (χ2n) is 3.88. The molecule has 6 heteroatoms. The summed E-state index contributed by atoms with van der Waals surface area (Å²) in [7, 11) is 0. The van der Waals surface area contributed by atoms with Crippen LogP contribution in [0.1, 0.15) is 18.4 Å². The molecule has 0 atom stereocenters. The number of aromatic nitrogens is 2. The van der Waals surface area contributed by atoms with Crippen molar-refractivity contribution in [2.24, 2.45) is 0 Å². The largest absolute Gasteiger partial charge is 0.405 e. The van der Waals surface area contributed by atoms with Crippen LogP contribution in [0.4, 0.5) is 0 Å². The maximum atomic E-state index is 11.7. The lowest BCUT2D eigenvalue weighted by molar-refractivity contribution is 0.544. The van der Waals surface area contributed by atoms with E-state index in [1.54, 1.807) is 6.08 Å². The van der Waals surface area contributed by atoms with Gasteiger partial charge >= 0.3 is 11.3 Å². The first kappa shape index (κ1) is 12.1. The van der Waals surface area contributed by atoms with E-state index in [0.717, 1.165) is 12.8 Å². The van der Waals surface area contributed by atoms with E-state index in [0.29, 0.717) is 12.0 Å². The number of rotatable bonds is 4. The molecule has 0 aliphatic carbocycles. The zero-order valence-electron chi connectivity index (χ0n) is 9.62. The predicted octanol–water partition coefficient (Wildman–Crippen LogP) is 0.678. The lowest BCUT2D eigenvalue weighted by atomic mass is 10.1. The quantitative estimate of drug-likeness (QED) is 0.614. The molecule has 94 valence electrons. The molecule has 2 rings (SSSR count). The molecule has 0 saturated carbocycles. The van der Waals surface area contributed by atoms with Crippen LogP contribution < -0.4 is 16.9 Å². The molecule has 0 radical (unpaired) electrons. The Morgan fingerprint density at radius 1 is 1.28 bits per heavy atom. The summed E-state index contributed by atoms with van der Waals surface area (Å²) >= 11 is 0. The van der Waals surface area contributed by atoms with Gasteiger partial charge in [0.05, 0.1) is 0 Å². The summed E-state index contributed by atoms with van der Waals surface area (Å²) in [6.07, 6.45) is 3.85. The summed E-state index contributed by atoms with van der Waals surface area (Å²) in [6, 6.07) is 1.28. The van der Waals surface area contributed by atoms with Gasteiger partial charge in [0, 0.05) is 6.07 Å². The molecule has 6 nitrogen and oxygen atoms in total. The summed E-state index contributed by atoms with van der Waals surface area (Å²) in [5.41, 5.74) is -1.34. The van der Waals surface area contributed by atoms with Crippen molar-refractivity contribution < 1.29 is 4.42 Å². The third-order valence-electron chi connectivity index (χ3n) is 2.58. The average molecular weight is 248 g/mol. The van der Waals surface area contributed by atoms with Gasteiger partial charge in [-0.1, -0.05) is 6.08 Å². The zero-order valence-corrected chi connectivity index (χ0v) is 9.62. The van der Waals surface area contributed by atoms with Gasteiger partial charge in [0.1, 0.15) is 5.39 Å². The van der Waals surface area contributed by atoms with Gasteiger partial charge in [-0.3, -0.25) is 14.8 Å². The molecule has 0 fully saturated rings. The van der Waals surface area contributed by atoms with Crippen molar-refractivity contribution in [2.75, 3.05) is 0 Å². The summed E-state index contributed by atoms with van der Waals surface area (Å²) < 4.78 is 4.82. The number of nitrogens with one attached hydrogen (secondary N) is 2. The Hall–Kier alpha value is -2.37. The molecule has 0 bridgehead atoms. The second kappa shape index (κ2) is 4.87. The van der Waals surface area contributed by atoms with Crippen LogP contribution in [0.25, 0.3) is 11.1 Å². The minimum Gasteiger partial charge on any atom is -0.405 e. The lowest BCUT2D eigenvalue weighted by Crippen LogP contribution is -2.24. The first-order chi connectivity index (χ1) is 8.61. The maximum absolute atomic E-state index is 11.7. The Labute approximate surface area is 101 Å². The van der Waals surface area contributed by atoms with Crippen LogP contribution >= 0.6 is 0 Å². The van der Waals surface area contributed by atoms with Crippen molar-refractivity contribution in [3.8, 4) is 0 Å². The molecule has 0 spiro atoms. The van der Waals surface area contributed by atoms with Crippen LogP contribution in [-0.4, -0.2) is 9.97 Å². The number of hydrogen-bond donors (Lipinski definition) is 2. The van der Waals surface area contributed by atoms with Crippen molar-refractivity contribution >= 4 is 11.1 Å². The van der Waals surface area contributed by atoms with Gasteiger partial charge < -0.3 is 4.42 Å². The van der Waals surface area contributed by atoms with Gasteiger partial charge in [-0.15, -0.1) is 6.58 Å². The summed E-state index contributed by atoms with van der Waals surface area (Å²) in [5.74, 6) is 0. The number of unbranched alkanes of at least 4 members (excludes halogenated alkanes) is 1. The van der Waals surface area contributed by atoms with Gasteiger partial charge in [-0.25, -0.2) is 9.59 Å². The van der Waals surface area contributed by atoms with E-state index in [1.165, 1.54) is 6.07 Å². The topological polar surface area (TPSA) is 95.9 Å². The van der Waals surface area contributed by atoms with E-state index in [-0.39, 0.29) is 11.1 Å². The highest BCUT2D eigenvalue weighted by molar-refractivity contribution is 5.75. The number of allylic oxidation sites excluding steroid dienone is 1. The molecule has 18 heavy (non-hydrogen) atoms. The number of aryl methyl sites for hydroxylation is 1. The monoisotopic (exact) mass is 248 g/mol. The molecule has 0 amide bonds. The molecule has 0 aliphatic rings. The Kier molecular flexibility index (Phi) is 3.27. The fourth-order valence-electron chi connectivity index (χ4n) is 1.81. The second-order valence-corrected chi connectivity index (χ2v) is 3.88. The minimum absolute atomic E-state index is 0.0788. The SMILES string of the molecule is C=CCCCc1cc(=O)oc2[nH]c(=O)[nH]c(=O)c12. The average Bonchev–Trinajstić information content (AvgIpc) is 2.27. The van der Waals surface area contributed by atoms with Gasteiger partial charge in [0.25, 0.3) is 5.56 Å². The van der Waals surface area contributed by atoms with Crippen molar-refractivity contribution in [2.45, 2.75) is 19.3 Å². The van der Waals surface area contributed by atoms with Crippen molar-refractivity contribution in [1.29, 1.82) is 0 Å². The van der Waals surface area contributed by atoms with E-state index in [9.17, 15) is 14.4 Å². The first-order valence-electron chi connectivity index (χ1n) is 5.52. The van der Waals surface area contributed by atoms with Crippen molar-refractivity contribution in [3.05, 3.63) is 55.5 Å². The summed E-state index contributed by atoms with van der Waals surface area (Å²) in [4.78, 5) is 38.6. The van der Waals surface area contributed by atoms with Crippen LogP contribution in [0.2, 0.25) is 0 Å². The molecule has 0 saturated heterocycles. The van der Waals surface area contributed by atoms with Crippen LogP contribution in [0.3, 0.4) is 0 Å². The molecule has 0 unspecified atom stereocenters. The van der Waals surface area contributed by atoms with Crippen molar-refractivity contribution in [1.82, 2.24) is 9.97 Å². The third kappa shape index (κ3) is 2.32. The molecule has 0 aliphatic heterocycles. The number of aromatic amines is 2. The van der Waals surface area contributed by atoms with E-state index in [1.807, 2.05) is 0 Å². The number of fused-ring (bicyclic) bond motifs is 1. The molecule has 2 aromatic heterocycles. The molecular weight excluding hydrogens is 236 g/mol. The normalized spacial score (nSPS) is 10.7. The van der Waals surface area contributed by atoms with Gasteiger partial charge in [-0.05, 0) is 24.8 Å². The number of H-pyrrole nitrogens is 2. The summed E-state index contributed by atoms with van der Waals surface area (Å²) in [5, 5.41) is 0.221. The highest BCUT2D eigenvalue weighted by Gasteiger charge is 2.10. The van der Waals surface area contributed by atoms with Gasteiger partial charge in [0.15, 0.2) is 0 Å². The molecule has 2 heterocycles. The van der Waals surface area contributed by atoms with Gasteiger partial charge in [0.2, 0.25) is 5.71 Å². The highest BCUT2D eigenvalue weighted by Crippen LogP contribution is 2.11. The molecule has 0 aromatic carbocycles. The Morgan fingerprint density at radius 2 is 2.06 bits per heavy atom. The predicted molar refractivity (Wildman–Crippen MR) is 66.9 cm³/mol. The third-order valence-corrected chi connectivity index (χ3v) is 2.58. The van der Waals surface area contributed by atoms with E-state index in [2.05, 4.69) is 16.5 Å². The highest BCUT2D eigenvalue weighted by atomic mass is 16.4. The Balaban J connectivity index is 2.64. The number of hydrogen-bond acceptors (Lipinski definition) is 4. The van der Waals surface area contributed by atoms with Crippen LogP contribution in [-0.2, 0) is 6.42 Å². The van der Waals surface area contributed by atoms with Crippen LogP contribution in [0, 0.1) is 0 Å². The Morgan fingerprint density at radius 3 is 2.78 bits per heavy atom. The van der Waals surface area contributed by atoms with E-state index in [4.69, 9.17) is 4.42 Å². The fourth-order valence-corrected chi connectivity index (χ4v) is 1.81. The molecular formula is C12H12N2O4. The molecule has 2 aromatic rings. The van der Waals surface area contributed by atoms with Crippen LogP contribution in [0.5, 0.6) is 0 Å². The lowest BCUT2D eigenvalue weighted by Gasteiger charge is -2.02. The summed E-state index contributed by atoms with van der Waals surface area (Å²) in [6.45, 7) is 3.61.